The van der Waals surface area contributed by atoms with Crippen LogP contribution in [0.5, 0.6) is 0 Å². The number of aliphatic hydroxyl groups is 1. The number of benzene rings is 1. The standard InChI is InChI=1S/C13H17Cl2NO4S/c1-20-9-4-6-16(7-5-9)21(18,19)12-3-2-11(14)10(8-17)13(12)15/h2-3,9,17H,4-8H2,1H3. The van der Waals surface area contributed by atoms with Crippen molar-refractivity contribution >= 4 is 33.2 Å². The summed E-state index contributed by atoms with van der Waals surface area (Å²) in [5.74, 6) is 0. The molecule has 1 aliphatic heterocycles. The molecule has 1 aliphatic rings. The minimum Gasteiger partial charge on any atom is -0.392 e. The zero-order valence-electron chi connectivity index (χ0n) is 11.6. The van der Waals surface area contributed by atoms with Gasteiger partial charge in [-0.3, -0.25) is 0 Å². The maximum Gasteiger partial charge on any atom is 0.244 e. The van der Waals surface area contributed by atoms with Crippen molar-refractivity contribution in [2.45, 2.75) is 30.4 Å². The summed E-state index contributed by atoms with van der Waals surface area (Å²) in [6.45, 7) is 0.356. The Morgan fingerprint density at radius 3 is 2.48 bits per heavy atom. The number of rotatable bonds is 4. The maximum atomic E-state index is 12.7. The number of piperidine rings is 1. The second kappa shape index (κ2) is 6.81. The topological polar surface area (TPSA) is 66.8 Å². The highest BCUT2D eigenvalue weighted by Crippen LogP contribution is 2.33. The van der Waals surface area contributed by atoms with E-state index < -0.39 is 16.6 Å². The van der Waals surface area contributed by atoms with Crippen LogP contribution < -0.4 is 0 Å². The molecule has 0 saturated carbocycles. The van der Waals surface area contributed by atoms with Crippen LogP contribution in [0.15, 0.2) is 17.0 Å². The molecule has 8 heteroatoms. The molecule has 1 saturated heterocycles. The number of aliphatic hydroxyl groups excluding tert-OH is 1. The minimum absolute atomic E-state index is 0.0149. The second-order valence-corrected chi connectivity index (χ2v) is 7.53. The van der Waals surface area contributed by atoms with E-state index in [2.05, 4.69) is 0 Å². The van der Waals surface area contributed by atoms with E-state index in [1.165, 1.54) is 16.4 Å². The fourth-order valence-corrected chi connectivity index (χ4v) is 4.71. The summed E-state index contributed by atoms with van der Waals surface area (Å²) in [7, 11) is -2.07. The van der Waals surface area contributed by atoms with Crippen LogP contribution >= 0.6 is 23.2 Å². The van der Waals surface area contributed by atoms with Crippen LogP contribution in [-0.2, 0) is 21.4 Å². The highest BCUT2D eigenvalue weighted by Gasteiger charge is 2.31. The number of methoxy groups -OCH3 is 1. The number of hydrogen-bond donors (Lipinski definition) is 1. The summed E-state index contributed by atoms with van der Waals surface area (Å²) < 4.78 is 31.9. The highest BCUT2D eigenvalue weighted by molar-refractivity contribution is 7.89. The van der Waals surface area contributed by atoms with E-state index in [0.29, 0.717) is 25.9 Å². The predicted octanol–water partition coefficient (Wildman–Crippen LogP) is 2.29. The Morgan fingerprint density at radius 2 is 1.95 bits per heavy atom. The van der Waals surface area contributed by atoms with Gasteiger partial charge in [0.15, 0.2) is 0 Å². The summed E-state index contributed by atoms with van der Waals surface area (Å²) >= 11 is 12.0. The van der Waals surface area contributed by atoms with E-state index in [4.69, 9.17) is 27.9 Å². The van der Waals surface area contributed by atoms with Crippen LogP contribution in [0.4, 0.5) is 0 Å². The molecule has 0 bridgehead atoms. The van der Waals surface area contributed by atoms with E-state index in [1.54, 1.807) is 7.11 Å². The quantitative estimate of drug-likeness (QED) is 0.901. The molecule has 0 unspecified atom stereocenters. The van der Waals surface area contributed by atoms with Gasteiger partial charge in [0.05, 0.1) is 17.7 Å². The molecule has 0 radical (unpaired) electrons. The molecule has 0 spiro atoms. The van der Waals surface area contributed by atoms with E-state index >= 15 is 0 Å². The van der Waals surface area contributed by atoms with Crippen LogP contribution in [0.3, 0.4) is 0 Å². The van der Waals surface area contributed by atoms with Crippen LogP contribution in [0.2, 0.25) is 10.0 Å². The monoisotopic (exact) mass is 353 g/mol. The predicted molar refractivity (Wildman–Crippen MR) is 81.2 cm³/mol. The third-order valence-electron chi connectivity index (χ3n) is 3.66. The third kappa shape index (κ3) is 3.36. The van der Waals surface area contributed by atoms with Crippen molar-refractivity contribution in [2.75, 3.05) is 20.2 Å². The van der Waals surface area contributed by atoms with E-state index in [9.17, 15) is 13.5 Å². The fraction of sp³-hybridized carbons (Fsp3) is 0.538. The van der Waals surface area contributed by atoms with Gasteiger partial charge in [0, 0.05) is 30.8 Å². The largest absolute Gasteiger partial charge is 0.392 e. The Labute approximate surface area is 134 Å². The first kappa shape index (κ1) is 17.0. The summed E-state index contributed by atoms with van der Waals surface area (Å²) in [5, 5.41) is 9.51. The Bertz CT molecular complexity index is 613. The lowest BCUT2D eigenvalue weighted by Crippen LogP contribution is -2.40. The van der Waals surface area contributed by atoms with Crippen molar-refractivity contribution < 1.29 is 18.3 Å². The number of hydrogen-bond acceptors (Lipinski definition) is 4. The first-order valence-electron chi connectivity index (χ1n) is 6.52. The van der Waals surface area contributed by atoms with Crippen LogP contribution in [0, 0.1) is 0 Å². The van der Waals surface area contributed by atoms with E-state index in [1.807, 2.05) is 0 Å². The van der Waals surface area contributed by atoms with Gasteiger partial charge in [-0.25, -0.2) is 8.42 Å². The molecule has 1 aromatic rings. The minimum atomic E-state index is -3.70. The van der Waals surface area contributed by atoms with Gasteiger partial charge < -0.3 is 9.84 Å². The summed E-state index contributed by atoms with van der Waals surface area (Å²) in [5.41, 5.74) is 0.228. The van der Waals surface area contributed by atoms with E-state index in [0.717, 1.165) is 0 Å². The Balaban J connectivity index is 2.33. The molecule has 1 fully saturated rings. The van der Waals surface area contributed by atoms with Gasteiger partial charge in [-0.05, 0) is 25.0 Å². The molecule has 1 aromatic carbocycles. The molecule has 21 heavy (non-hydrogen) atoms. The zero-order valence-corrected chi connectivity index (χ0v) is 13.9. The van der Waals surface area contributed by atoms with Crippen molar-refractivity contribution in [2.24, 2.45) is 0 Å². The van der Waals surface area contributed by atoms with Crippen molar-refractivity contribution in [3.05, 3.63) is 27.7 Å². The average molecular weight is 354 g/mol. The lowest BCUT2D eigenvalue weighted by Gasteiger charge is -2.30. The fourth-order valence-electron chi connectivity index (χ4n) is 2.37. The van der Waals surface area contributed by atoms with Gasteiger partial charge in [0.1, 0.15) is 4.90 Å². The molecule has 1 N–H and O–H groups in total. The summed E-state index contributed by atoms with van der Waals surface area (Å²) in [4.78, 5) is -0.0199. The number of sulfonamides is 1. The van der Waals surface area contributed by atoms with Crippen molar-refractivity contribution in [3.8, 4) is 0 Å². The zero-order chi connectivity index (χ0) is 15.6. The van der Waals surface area contributed by atoms with Crippen molar-refractivity contribution in [3.63, 3.8) is 0 Å². The Kier molecular flexibility index (Phi) is 5.51. The number of nitrogens with zero attached hydrogens (tertiary/aromatic N) is 1. The number of ether oxygens (including phenoxy) is 1. The smallest absolute Gasteiger partial charge is 0.244 e. The maximum absolute atomic E-state index is 12.7. The van der Waals surface area contributed by atoms with Crippen LogP contribution in [0.25, 0.3) is 0 Å². The van der Waals surface area contributed by atoms with Gasteiger partial charge in [-0.2, -0.15) is 4.31 Å². The molecule has 118 valence electrons. The second-order valence-electron chi connectivity index (χ2n) is 4.84. The lowest BCUT2D eigenvalue weighted by atomic mass is 10.1. The SMILES string of the molecule is COC1CCN(S(=O)(=O)c2ccc(Cl)c(CO)c2Cl)CC1. The molecular weight excluding hydrogens is 337 g/mol. The normalized spacial score (nSPS) is 18.1. The van der Waals surface area contributed by atoms with Gasteiger partial charge in [0.2, 0.25) is 10.0 Å². The average Bonchev–Trinajstić information content (AvgIpc) is 2.47. The third-order valence-corrected chi connectivity index (χ3v) is 6.50. The molecule has 2 rings (SSSR count). The van der Waals surface area contributed by atoms with Crippen LogP contribution in [0.1, 0.15) is 18.4 Å². The molecule has 1 heterocycles. The summed E-state index contributed by atoms with van der Waals surface area (Å²) in [6.07, 6.45) is 1.38. The molecule has 0 aromatic heterocycles. The Morgan fingerprint density at radius 1 is 1.33 bits per heavy atom. The van der Waals surface area contributed by atoms with Crippen molar-refractivity contribution in [1.82, 2.24) is 4.31 Å². The van der Waals surface area contributed by atoms with E-state index in [-0.39, 0.29) is 26.6 Å². The van der Waals surface area contributed by atoms with Crippen LogP contribution in [-0.4, -0.2) is 44.1 Å². The molecular formula is C13H17Cl2NO4S. The van der Waals surface area contributed by atoms with Gasteiger partial charge in [-0.15, -0.1) is 0 Å². The first-order chi connectivity index (χ1) is 9.91. The molecule has 5 nitrogen and oxygen atoms in total. The Hall–Kier alpha value is -0.370. The number of halogens is 2. The lowest BCUT2D eigenvalue weighted by molar-refractivity contribution is 0.0604. The first-order valence-corrected chi connectivity index (χ1v) is 8.72. The molecule has 0 atom stereocenters. The molecule has 0 aliphatic carbocycles. The molecule has 0 amide bonds. The summed E-state index contributed by atoms with van der Waals surface area (Å²) in [6, 6.07) is 2.81. The highest BCUT2D eigenvalue weighted by atomic mass is 35.5. The van der Waals surface area contributed by atoms with Gasteiger partial charge in [-0.1, -0.05) is 23.2 Å². The van der Waals surface area contributed by atoms with Crippen molar-refractivity contribution in [1.29, 1.82) is 0 Å². The van der Waals surface area contributed by atoms with Gasteiger partial charge in [0.25, 0.3) is 0 Å². The van der Waals surface area contributed by atoms with Gasteiger partial charge >= 0.3 is 0 Å².